The number of carboxylic acids is 1. The molecule has 3 rings (SSSR count). The van der Waals surface area contributed by atoms with Crippen molar-refractivity contribution in [1.29, 1.82) is 0 Å². The van der Waals surface area contributed by atoms with E-state index in [1.165, 1.54) is 12.1 Å². The molecule has 2 heterocycles. The summed E-state index contributed by atoms with van der Waals surface area (Å²) >= 11 is 0. The zero-order valence-corrected chi connectivity index (χ0v) is 13.6. The minimum Gasteiger partial charge on any atom is -0.478 e. The largest absolute Gasteiger partial charge is 0.478 e. The van der Waals surface area contributed by atoms with E-state index in [9.17, 15) is 9.18 Å². The molecule has 1 N–H and O–H groups in total. The summed E-state index contributed by atoms with van der Waals surface area (Å²) in [5, 5.41) is 12.9. The van der Waals surface area contributed by atoms with Gasteiger partial charge in [-0.1, -0.05) is 17.3 Å². The van der Waals surface area contributed by atoms with Gasteiger partial charge < -0.3 is 9.63 Å². The fourth-order valence-electron chi connectivity index (χ4n) is 2.42. The topological polar surface area (TPSA) is 92.4 Å². The van der Waals surface area contributed by atoms with Gasteiger partial charge in [0.25, 0.3) is 0 Å². The van der Waals surface area contributed by atoms with Crippen molar-refractivity contribution in [1.82, 2.24) is 15.1 Å². The third kappa shape index (κ3) is 3.63. The second-order valence-electron chi connectivity index (χ2n) is 5.50. The lowest BCUT2D eigenvalue weighted by atomic mass is 10.0. The van der Waals surface area contributed by atoms with Crippen LogP contribution in [0.25, 0.3) is 0 Å². The Balaban J connectivity index is 1.96. The van der Waals surface area contributed by atoms with E-state index in [4.69, 9.17) is 9.63 Å². The molecule has 0 radical (unpaired) electrons. The van der Waals surface area contributed by atoms with E-state index in [0.717, 1.165) is 11.8 Å². The van der Waals surface area contributed by atoms with Crippen molar-refractivity contribution < 1.29 is 18.8 Å². The quantitative estimate of drug-likeness (QED) is 0.761. The summed E-state index contributed by atoms with van der Waals surface area (Å²) in [5.74, 6) is -0.537. The van der Waals surface area contributed by atoms with Crippen LogP contribution >= 0.6 is 0 Å². The molecule has 1 aromatic carbocycles. The van der Waals surface area contributed by atoms with Crippen LogP contribution in [0.3, 0.4) is 0 Å². The maximum Gasteiger partial charge on any atom is 0.335 e. The van der Waals surface area contributed by atoms with E-state index in [2.05, 4.69) is 15.1 Å². The highest BCUT2D eigenvalue weighted by Gasteiger charge is 2.18. The van der Waals surface area contributed by atoms with Crippen molar-refractivity contribution in [3.05, 3.63) is 64.9 Å². The van der Waals surface area contributed by atoms with Gasteiger partial charge in [-0.25, -0.2) is 14.2 Å². The van der Waals surface area contributed by atoms with Gasteiger partial charge in [-0.05, 0) is 43.2 Å². The molecule has 25 heavy (non-hydrogen) atoms. The van der Waals surface area contributed by atoms with Gasteiger partial charge in [-0.3, -0.25) is 4.90 Å². The first-order valence-electron chi connectivity index (χ1n) is 7.46. The fourth-order valence-corrected chi connectivity index (χ4v) is 2.42. The first-order chi connectivity index (χ1) is 11.9. The van der Waals surface area contributed by atoms with Crippen LogP contribution in [0.1, 0.15) is 27.3 Å². The highest BCUT2D eigenvalue weighted by Crippen LogP contribution is 2.25. The number of carboxylic acid groups (broad SMARTS) is 1. The molecule has 0 fully saturated rings. The molecule has 3 aromatic rings. The average molecular weight is 342 g/mol. The van der Waals surface area contributed by atoms with Crippen molar-refractivity contribution in [2.24, 2.45) is 0 Å². The van der Waals surface area contributed by atoms with Crippen molar-refractivity contribution >= 4 is 17.8 Å². The Bertz CT molecular complexity index is 909. The predicted molar refractivity (Wildman–Crippen MR) is 87.2 cm³/mol. The van der Waals surface area contributed by atoms with Gasteiger partial charge in [-0.2, -0.15) is 4.98 Å². The fraction of sp³-hybridized carbons (Fsp3) is 0.176. The van der Waals surface area contributed by atoms with Gasteiger partial charge in [0.2, 0.25) is 0 Å². The Kier molecular flexibility index (Phi) is 4.42. The second kappa shape index (κ2) is 6.68. The van der Waals surface area contributed by atoms with Crippen LogP contribution in [0, 0.1) is 19.7 Å². The summed E-state index contributed by atoms with van der Waals surface area (Å²) in [6.45, 7) is 3.72. The van der Waals surface area contributed by atoms with Crippen LogP contribution in [-0.2, 0) is 6.54 Å². The Morgan fingerprint density at radius 2 is 2.08 bits per heavy atom. The average Bonchev–Trinajstić information content (AvgIpc) is 2.99. The number of rotatable bonds is 5. The van der Waals surface area contributed by atoms with Crippen molar-refractivity contribution in [3.63, 3.8) is 0 Å². The van der Waals surface area contributed by atoms with E-state index < -0.39 is 11.8 Å². The van der Waals surface area contributed by atoms with Crippen molar-refractivity contribution in [2.45, 2.75) is 20.4 Å². The summed E-state index contributed by atoms with van der Waals surface area (Å²) in [6.07, 6.45) is 1.10. The third-order valence-electron chi connectivity index (χ3n) is 3.60. The summed E-state index contributed by atoms with van der Waals surface area (Å²) in [7, 11) is 0. The van der Waals surface area contributed by atoms with Crippen LogP contribution in [0.2, 0.25) is 0 Å². The number of halogens is 1. The molecule has 0 aliphatic heterocycles. The molecular formula is C17H15FN4O3. The van der Waals surface area contributed by atoms with Gasteiger partial charge >= 0.3 is 12.0 Å². The van der Waals surface area contributed by atoms with Gasteiger partial charge in [0, 0.05) is 0 Å². The second-order valence-corrected chi connectivity index (χ2v) is 5.50. The lowest BCUT2D eigenvalue weighted by Crippen LogP contribution is -2.18. The molecule has 0 aliphatic rings. The number of aromatic carboxylic acids is 1. The van der Waals surface area contributed by atoms with Crippen molar-refractivity contribution in [3.8, 4) is 0 Å². The van der Waals surface area contributed by atoms with E-state index >= 15 is 0 Å². The molecule has 0 bridgehead atoms. The molecule has 8 heteroatoms. The first kappa shape index (κ1) is 16.6. The SMILES string of the molecule is Cc1noc(N(Cc2ccc(C(=O)O)c(C)c2)c2ccc(F)cn2)n1. The molecule has 7 nitrogen and oxygen atoms in total. The van der Waals surface area contributed by atoms with Gasteiger partial charge in [0.05, 0.1) is 18.3 Å². The summed E-state index contributed by atoms with van der Waals surface area (Å²) in [5.41, 5.74) is 1.70. The molecule has 0 unspecified atom stereocenters. The van der Waals surface area contributed by atoms with Gasteiger partial charge in [0.1, 0.15) is 11.6 Å². The summed E-state index contributed by atoms with van der Waals surface area (Å²) < 4.78 is 18.4. The number of benzene rings is 1. The van der Waals surface area contributed by atoms with Crippen LogP contribution in [0.5, 0.6) is 0 Å². The van der Waals surface area contributed by atoms with E-state index in [1.807, 2.05) is 0 Å². The molecule has 0 saturated heterocycles. The molecule has 0 aliphatic carbocycles. The standard InChI is InChI=1S/C17H15FN4O3/c1-10-7-12(3-5-14(10)16(23)24)9-22(17-20-11(2)21-25-17)15-6-4-13(18)8-19-15/h3-8H,9H2,1-2H3,(H,23,24). The molecule has 128 valence electrons. The maximum absolute atomic E-state index is 13.2. The molecule has 0 saturated carbocycles. The first-order valence-corrected chi connectivity index (χ1v) is 7.46. The number of hydrogen-bond donors (Lipinski definition) is 1. The monoisotopic (exact) mass is 342 g/mol. The highest BCUT2D eigenvalue weighted by atomic mass is 19.1. The summed E-state index contributed by atoms with van der Waals surface area (Å²) in [4.78, 5) is 21.0. The zero-order chi connectivity index (χ0) is 18.0. The Hall–Kier alpha value is -3.29. The Morgan fingerprint density at radius 1 is 1.28 bits per heavy atom. The zero-order valence-electron chi connectivity index (χ0n) is 13.6. The lowest BCUT2D eigenvalue weighted by molar-refractivity contribution is 0.0696. The van der Waals surface area contributed by atoms with Gasteiger partial charge in [0.15, 0.2) is 5.82 Å². The molecule has 0 atom stereocenters. The highest BCUT2D eigenvalue weighted by molar-refractivity contribution is 5.89. The maximum atomic E-state index is 13.2. The number of aryl methyl sites for hydroxylation is 2. The predicted octanol–water partition coefficient (Wildman–Crippen LogP) is 3.26. The van der Waals surface area contributed by atoms with E-state index in [-0.39, 0.29) is 11.6 Å². The van der Waals surface area contributed by atoms with E-state index in [1.54, 1.807) is 36.9 Å². The number of anilines is 2. The Labute approximate surface area is 142 Å². The minimum absolute atomic E-state index is 0.219. The number of aromatic nitrogens is 3. The van der Waals surface area contributed by atoms with Crippen LogP contribution in [-0.4, -0.2) is 26.2 Å². The summed E-state index contributed by atoms with van der Waals surface area (Å²) in [6, 6.07) is 8.03. The van der Waals surface area contributed by atoms with Crippen LogP contribution in [0.4, 0.5) is 16.2 Å². The molecule has 0 spiro atoms. The van der Waals surface area contributed by atoms with E-state index in [0.29, 0.717) is 23.8 Å². The van der Waals surface area contributed by atoms with Crippen LogP contribution in [0.15, 0.2) is 41.1 Å². The smallest absolute Gasteiger partial charge is 0.335 e. The number of nitrogens with zero attached hydrogens (tertiary/aromatic N) is 4. The molecular weight excluding hydrogens is 327 g/mol. The Morgan fingerprint density at radius 3 is 2.64 bits per heavy atom. The number of hydrogen-bond acceptors (Lipinski definition) is 6. The minimum atomic E-state index is -0.978. The van der Waals surface area contributed by atoms with Crippen molar-refractivity contribution in [2.75, 3.05) is 4.90 Å². The lowest BCUT2D eigenvalue weighted by Gasteiger charge is -2.19. The molecule has 2 aromatic heterocycles. The van der Waals surface area contributed by atoms with Crippen LogP contribution < -0.4 is 4.90 Å². The van der Waals surface area contributed by atoms with Gasteiger partial charge in [-0.15, -0.1) is 0 Å². The molecule has 0 amide bonds. The normalized spacial score (nSPS) is 10.7. The number of carbonyl (C=O) groups is 1. The number of pyridine rings is 1. The third-order valence-corrected chi connectivity index (χ3v) is 3.60.